The minimum Gasteiger partial charge on any atom is -0.423 e. The molecule has 3 nitrogen and oxygen atoms in total. The van der Waals surface area contributed by atoms with E-state index in [9.17, 15) is 9.18 Å². The van der Waals surface area contributed by atoms with Gasteiger partial charge in [0.2, 0.25) is 0 Å². The van der Waals surface area contributed by atoms with Crippen LogP contribution >= 0.6 is 0 Å². The molecule has 4 heteroatoms. The minimum absolute atomic E-state index is 0.0426. The molecule has 3 aromatic rings. The van der Waals surface area contributed by atoms with Gasteiger partial charge in [-0.2, -0.15) is 0 Å². The Balaban J connectivity index is 1.50. The Morgan fingerprint density at radius 3 is 2.00 bits per heavy atom. The number of benzene rings is 2. The molecule has 1 heterocycles. The first-order valence-electron chi connectivity index (χ1n) is 13.7. The molecule has 0 aliphatic heterocycles. The van der Waals surface area contributed by atoms with E-state index in [4.69, 9.17) is 4.74 Å². The summed E-state index contributed by atoms with van der Waals surface area (Å²) >= 11 is 0. The van der Waals surface area contributed by atoms with Crippen LogP contribution in [0.2, 0.25) is 0 Å². The Morgan fingerprint density at radius 2 is 1.36 bits per heavy atom. The van der Waals surface area contributed by atoms with Crippen molar-refractivity contribution < 1.29 is 13.9 Å². The van der Waals surface area contributed by atoms with E-state index in [2.05, 4.69) is 24.9 Å². The first kappa shape index (κ1) is 27.6. The van der Waals surface area contributed by atoms with Gasteiger partial charge < -0.3 is 4.74 Å². The fourth-order valence-corrected chi connectivity index (χ4v) is 4.34. The Labute approximate surface area is 216 Å². The van der Waals surface area contributed by atoms with Gasteiger partial charge in [-0.15, -0.1) is 0 Å². The molecule has 0 fully saturated rings. The molecule has 0 spiro atoms. The van der Waals surface area contributed by atoms with Gasteiger partial charge in [0.1, 0.15) is 11.6 Å². The highest BCUT2D eigenvalue weighted by Gasteiger charge is 2.15. The van der Waals surface area contributed by atoms with Gasteiger partial charge in [0.25, 0.3) is 0 Å². The molecular formula is C32H40FNO2. The zero-order chi connectivity index (χ0) is 25.6. The second-order valence-corrected chi connectivity index (χ2v) is 9.61. The standard InChI is InChI=1S/C32H40FNO2/c1-3-5-7-9-10-12-14-26-16-22-31(34-24-26)27-17-19-28(20-18-27)36-32(35)29-21-15-25(23-30(29)33)13-11-8-6-4-2/h15-24H,3-14H2,1-2H3. The highest BCUT2D eigenvalue weighted by molar-refractivity contribution is 5.91. The van der Waals surface area contributed by atoms with E-state index < -0.39 is 11.8 Å². The first-order chi connectivity index (χ1) is 17.6. The van der Waals surface area contributed by atoms with Crippen LogP contribution < -0.4 is 4.74 Å². The van der Waals surface area contributed by atoms with Gasteiger partial charge in [-0.1, -0.05) is 77.3 Å². The number of hydrogen-bond donors (Lipinski definition) is 0. The van der Waals surface area contributed by atoms with E-state index in [1.807, 2.05) is 30.5 Å². The molecule has 0 N–H and O–H groups in total. The number of ether oxygens (including phenoxy) is 1. The smallest absolute Gasteiger partial charge is 0.346 e. The largest absolute Gasteiger partial charge is 0.423 e. The minimum atomic E-state index is -0.685. The number of carbonyl (C=O) groups is 1. The van der Waals surface area contributed by atoms with Gasteiger partial charge in [-0.05, 0) is 79.3 Å². The third-order valence-electron chi connectivity index (χ3n) is 6.58. The van der Waals surface area contributed by atoms with Crippen LogP contribution in [0.1, 0.15) is 99.5 Å². The summed E-state index contributed by atoms with van der Waals surface area (Å²) in [5, 5.41) is 0. The van der Waals surface area contributed by atoms with E-state index in [0.717, 1.165) is 42.5 Å². The van der Waals surface area contributed by atoms with Crippen molar-refractivity contribution >= 4 is 5.97 Å². The van der Waals surface area contributed by atoms with Crippen LogP contribution in [-0.4, -0.2) is 11.0 Å². The predicted octanol–water partition coefficient (Wildman–Crippen LogP) is 9.13. The van der Waals surface area contributed by atoms with E-state index in [-0.39, 0.29) is 5.56 Å². The maximum atomic E-state index is 14.5. The van der Waals surface area contributed by atoms with Gasteiger partial charge >= 0.3 is 5.97 Å². The Morgan fingerprint density at radius 1 is 0.750 bits per heavy atom. The quantitative estimate of drug-likeness (QED) is 0.121. The number of aromatic nitrogens is 1. The Kier molecular flexibility index (Phi) is 11.6. The van der Waals surface area contributed by atoms with Crippen molar-refractivity contribution in [2.45, 2.75) is 90.9 Å². The van der Waals surface area contributed by atoms with Crippen LogP contribution in [0.15, 0.2) is 60.8 Å². The highest BCUT2D eigenvalue weighted by atomic mass is 19.1. The molecule has 0 bridgehead atoms. The summed E-state index contributed by atoms with van der Waals surface area (Å²) in [5.74, 6) is -0.837. The van der Waals surface area contributed by atoms with E-state index in [1.54, 1.807) is 12.1 Å². The molecule has 2 aromatic carbocycles. The number of rotatable bonds is 15. The lowest BCUT2D eigenvalue weighted by Crippen LogP contribution is -2.11. The molecule has 3 rings (SSSR count). The van der Waals surface area contributed by atoms with Crippen LogP contribution in [-0.2, 0) is 12.8 Å². The SMILES string of the molecule is CCCCCCCCc1ccc(-c2ccc(OC(=O)c3ccc(CCCCCC)cc3F)cc2)nc1. The average molecular weight is 490 g/mol. The van der Waals surface area contributed by atoms with Crippen LogP contribution in [0.5, 0.6) is 5.75 Å². The molecular weight excluding hydrogens is 449 g/mol. The fraction of sp³-hybridized carbons (Fsp3) is 0.438. The Bertz CT molecular complexity index is 1060. The molecule has 0 amide bonds. The number of aryl methyl sites for hydroxylation is 2. The number of pyridine rings is 1. The molecule has 0 aliphatic rings. The topological polar surface area (TPSA) is 39.2 Å². The number of carbonyl (C=O) groups excluding carboxylic acids is 1. The predicted molar refractivity (Wildman–Crippen MR) is 146 cm³/mol. The molecule has 1 aromatic heterocycles. The second-order valence-electron chi connectivity index (χ2n) is 9.61. The highest BCUT2D eigenvalue weighted by Crippen LogP contribution is 2.23. The monoisotopic (exact) mass is 489 g/mol. The van der Waals surface area contributed by atoms with E-state index in [0.29, 0.717) is 5.75 Å². The van der Waals surface area contributed by atoms with Gasteiger partial charge in [0.15, 0.2) is 0 Å². The van der Waals surface area contributed by atoms with Crippen molar-refractivity contribution in [3.05, 3.63) is 83.3 Å². The lowest BCUT2D eigenvalue weighted by atomic mass is 10.0. The number of nitrogens with zero attached hydrogens (tertiary/aromatic N) is 1. The summed E-state index contributed by atoms with van der Waals surface area (Å²) in [6.45, 7) is 4.41. The number of hydrogen-bond acceptors (Lipinski definition) is 3. The lowest BCUT2D eigenvalue weighted by Gasteiger charge is -2.08. The second kappa shape index (κ2) is 15.2. The molecule has 0 saturated carbocycles. The van der Waals surface area contributed by atoms with Gasteiger partial charge in [-0.25, -0.2) is 9.18 Å². The van der Waals surface area contributed by atoms with Gasteiger partial charge in [-0.3, -0.25) is 4.98 Å². The van der Waals surface area contributed by atoms with Crippen LogP contribution in [0.3, 0.4) is 0 Å². The van der Waals surface area contributed by atoms with Crippen molar-refractivity contribution in [2.75, 3.05) is 0 Å². The molecule has 0 radical (unpaired) electrons. The van der Waals surface area contributed by atoms with Crippen LogP contribution in [0.4, 0.5) is 4.39 Å². The summed E-state index contributed by atoms with van der Waals surface area (Å²) in [5.41, 5.74) is 3.95. The molecule has 0 saturated heterocycles. The molecule has 0 aliphatic carbocycles. The summed E-state index contributed by atoms with van der Waals surface area (Å²) < 4.78 is 20.0. The van der Waals surface area contributed by atoms with Gasteiger partial charge in [0.05, 0.1) is 11.3 Å². The number of unbranched alkanes of at least 4 members (excludes halogenated alkanes) is 8. The van der Waals surface area contributed by atoms with Crippen LogP contribution in [0.25, 0.3) is 11.3 Å². The van der Waals surface area contributed by atoms with Gasteiger partial charge in [0, 0.05) is 11.8 Å². The summed E-state index contributed by atoms with van der Waals surface area (Å²) in [7, 11) is 0. The number of esters is 1. The van der Waals surface area contributed by atoms with E-state index >= 15 is 0 Å². The van der Waals surface area contributed by atoms with Crippen molar-refractivity contribution in [3.8, 4) is 17.0 Å². The molecule has 192 valence electrons. The molecule has 36 heavy (non-hydrogen) atoms. The summed E-state index contributed by atoms with van der Waals surface area (Å²) in [4.78, 5) is 17.1. The average Bonchev–Trinajstić information content (AvgIpc) is 2.89. The summed E-state index contributed by atoms with van der Waals surface area (Å²) in [6.07, 6.45) is 16.1. The third-order valence-corrected chi connectivity index (χ3v) is 6.58. The first-order valence-corrected chi connectivity index (χ1v) is 13.7. The van der Waals surface area contributed by atoms with Crippen molar-refractivity contribution in [2.24, 2.45) is 0 Å². The van der Waals surface area contributed by atoms with Crippen LogP contribution in [0, 0.1) is 5.82 Å². The summed E-state index contributed by atoms with van der Waals surface area (Å²) in [6, 6.07) is 16.1. The normalized spacial score (nSPS) is 11.0. The zero-order valence-electron chi connectivity index (χ0n) is 21.9. The molecule has 0 atom stereocenters. The maximum Gasteiger partial charge on any atom is 0.346 e. The van der Waals surface area contributed by atoms with Crippen molar-refractivity contribution in [1.82, 2.24) is 4.98 Å². The third kappa shape index (κ3) is 8.89. The zero-order valence-corrected chi connectivity index (χ0v) is 21.9. The Hall–Kier alpha value is -3.01. The maximum absolute atomic E-state index is 14.5. The van der Waals surface area contributed by atoms with E-state index in [1.165, 1.54) is 69.1 Å². The lowest BCUT2D eigenvalue weighted by molar-refractivity contribution is 0.0730. The number of halogens is 1. The van der Waals surface area contributed by atoms with Crippen molar-refractivity contribution in [1.29, 1.82) is 0 Å². The molecule has 0 unspecified atom stereocenters. The fourth-order valence-electron chi connectivity index (χ4n) is 4.34. The van der Waals surface area contributed by atoms with Crippen molar-refractivity contribution in [3.63, 3.8) is 0 Å².